The molecule has 4 rings (SSSR count). The van der Waals surface area contributed by atoms with Crippen LogP contribution >= 0.6 is 23.2 Å². The first kappa shape index (κ1) is 33.6. The Balaban J connectivity index is 1.76. The van der Waals surface area contributed by atoms with E-state index in [0.717, 1.165) is 47.5 Å². The normalized spacial score (nSPS) is 14.5. The molecule has 1 fully saturated rings. The first-order valence-electron chi connectivity index (χ1n) is 14.7. The van der Waals surface area contributed by atoms with Crippen LogP contribution in [0.5, 0.6) is 5.75 Å². The summed E-state index contributed by atoms with van der Waals surface area (Å²) in [6.07, 6.45) is 4.94. The number of sulfonamides is 1. The highest BCUT2D eigenvalue weighted by Gasteiger charge is 2.35. The van der Waals surface area contributed by atoms with Gasteiger partial charge < -0.3 is 15.0 Å². The third-order valence-electron chi connectivity index (χ3n) is 8.00. The van der Waals surface area contributed by atoms with Crippen LogP contribution in [0.4, 0.5) is 5.69 Å². The maximum absolute atomic E-state index is 14.3. The molecule has 1 unspecified atom stereocenters. The maximum atomic E-state index is 14.3. The molecule has 0 aliphatic heterocycles. The van der Waals surface area contributed by atoms with E-state index in [1.54, 1.807) is 55.5 Å². The Bertz CT molecular complexity index is 1570. The van der Waals surface area contributed by atoms with Crippen molar-refractivity contribution in [3.8, 4) is 5.75 Å². The summed E-state index contributed by atoms with van der Waals surface area (Å²) in [4.78, 5) is 29.2. The number of hydrogen-bond donors (Lipinski definition) is 1. The van der Waals surface area contributed by atoms with Crippen LogP contribution in [-0.4, -0.2) is 50.9 Å². The number of rotatable bonds is 11. The molecule has 236 valence electrons. The average molecular weight is 661 g/mol. The van der Waals surface area contributed by atoms with Gasteiger partial charge in [-0.1, -0.05) is 72.3 Å². The van der Waals surface area contributed by atoms with Crippen LogP contribution in [0.15, 0.2) is 65.6 Å². The number of nitrogens with one attached hydrogen (secondary N) is 1. The Hall–Kier alpha value is -3.27. The van der Waals surface area contributed by atoms with Gasteiger partial charge in [-0.25, -0.2) is 8.42 Å². The Morgan fingerprint density at radius 2 is 1.57 bits per heavy atom. The van der Waals surface area contributed by atoms with Gasteiger partial charge in [0.2, 0.25) is 11.8 Å². The van der Waals surface area contributed by atoms with Crippen molar-refractivity contribution in [3.63, 3.8) is 0 Å². The highest BCUT2D eigenvalue weighted by Crippen LogP contribution is 2.34. The second-order valence-corrected chi connectivity index (χ2v) is 13.9. The Kier molecular flexibility index (Phi) is 11.2. The average Bonchev–Trinajstić information content (AvgIpc) is 3.00. The highest BCUT2D eigenvalue weighted by atomic mass is 35.5. The van der Waals surface area contributed by atoms with E-state index in [1.807, 2.05) is 13.8 Å². The maximum Gasteiger partial charge on any atom is 0.264 e. The van der Waals surface area contributed by atoms with Gasteiger partial charge >= 0.3 is 0 Å². The number of benzene rings is 3. The lowest BCUT2D eigenvalue weighted by Crippen LogP contribution is -2.53. The summed E-state index contributed by atoms with van der Waals surface area (Å²) in [6, 6.07) is 15.6. The lowest BCUT2D eigenvalue weighted by Gasteiger charge is -2.34. The molecule has 0 saturated heterocycles. The second-order valence-electron chi connectivity index (χ2n) is 11.2. The monoisotopic (exact) mass is 659 g/mol. The van der Waals surface area contributed by atoms with Crippen LogP contribution in [0.25, 0.3) is 0 Å². The zero-order chi connectivity index (χ0) is 32.0. The standard InChI is InChI=1S/C33H39Cl2N3O5S/c1-22-13-16-26(17-14-22)44(41,42)38(30-19-23(2)15-18-31(30)43-4)21-32(39)37(20-27-28(34)11-8-12-29(27)35)24(3)33(40)36-25-9-6-5-7-10-25/h8,11-19,24-25H,5-7,9-10,20-21H2,1-4H3,(H,36,40). The molecule has 11 heteroatoms. The molecule has 0 radical (unpaired) electrons. The predicted molar refractivity (Wildman–Crippen MR) is 175 cm³/mol. The van der Waals surface area contributed by atoms with Crippen LogP contribution in [0, 0.1) is 13.8 Å². The van der Waals surface area contributed by atoms with Crippen molar-refractivity contribution in [2.45, 2.75) is 76.4 Å². The molecule has 1 N–H and O–H groups in total. The summed E-state index contributed by atoms with van der Waals surface area (Å²) in [7, 11) is -2.81. The third-order valence-corrected chi connectivity index (χ3v) is 10.5. The second kappa shape index (κ2) is 14.7. The first-order chi connectivity index (χ1) is 20.9. The Morgan fingerprint density at radius 3 is 2.18 bits per heavy atom. The minimum absolute atomic E-state index is 0.0169. The number of carbonyl (C=O) groups excluding carboxylic acids is 2. The van der Waals surface area contributed by atoms with Crippen LogP contribution < -0.4 is 14.4 Å². The predicted octanol–water partition coefficient (Wildman–Crippen LogP) is 6.68. The number of ether oxygens (including phenoxy) is 1. The molecule has 0 heterocycles. The molecule has 3 aromatic carbocycles. The van der Waals surface area contributed by atoms with E-state index < -0.39 is 28.5 Å². The van der Waals surface area contributed by atoms with Crippen molar-refractivity contribution in [2.75, 3.05) is 18.0 Å². The molecule has 3 aromatic rings. The first-order valence-corrected chi connectivity index (χ1v) is 16.9. The Morgan fingerprint density at radius 1 is 0.955 bits per heavy atom. The molecule has 0 spiro atoms. The summed E-state index contributed by atoms with van der Waals surface area (Å²) in [6.45, 7) is 4.62. The zero-order valence-corrected chi connectivity index (χ0v) is 27.8. The van der Waals surface area contributed by atoms with Gasteiger partial charge in [0.15, 0.2) is 0 Å². The number of nitrogens with zero attached hydrogens (tertiary/aromatic N) is 2. The van der Waals surface area contributed by atoms with Gasteiger partial charge in [-0.15, -0.1) is 0 Å². The fourth-order valence-electron chi connectivity index (χ4n) is 5.35. The number of aryl methyl sites for hydroxylation is 2. The van der Waals surface area contributed by atoms with Gasteiger partial charge in [0.1, 0.15) is 18.3 Å². The number of methoxy groups -OCH3 is 1. The molecule has 8 nitrogen and oxygen atoms in total. The topological polar surface area (TPSA) is 96.0 Å². The summed E-state index contributed by atoms with van der Waals surface area (Å²) < 4.78 is 35.0. The van der Waals surface area contributed by atoms with Gasteiger partial charge in [0.05, 0.1) is 17.7 Å². The van der Waals surface area contributed by atoms with E-state index in [4.69, 9.17) is 27.9 Å². The number of amides is 2. The van der Waals surface area contributed by atoms with Crippen molar-refractivity contribution >= 4 is 50.7 Å². The van der Waals surface area contributed by atoms with Gasteiger partial charge in [-0.05, 0) is 75.6 Å². The molecule has 0 bridgehead atoms. The lowest BCUT2D eigenvalue weighted by atomic mass is 9.95. The van der Waals surface area contributed by atoms with E-state index in [2.05, 4.69) is 5.32 Å². The van der Waals surface area contributed by atoms with Crippen molar-refractivity contribution in [3.05, 3.63) is 87.4 Å². The van der Waals surface area contributed by atoms with Crippen LogP contribution in [-0.2, 0) is 26.2 Å². The molecular formula is C33H39Cl2N3O5S. The summed E-state index contributed by atoms with van der Waals surface area (Å²) in [5, 5.41) is 3.76. The molecule has 44 heavy (non-hydrogen) atoms. The lowest BCUT2D eigenvalue weighted by molar-refractivity contribution is -0.139. The van der Waals surface area contributed by atoms with Crippen molar-refractivity contribution in [1.29, 1.82) is 0 Å². The number of anilines is 1. The van der Waals surface area contributed by atoms with E-state index in [9.17, 15) is 18.0 Å². The molecular weight excluding hydrogens is 621 g/mol. The fourth-order valence-corrected chi connectivity index (χ4v) is 7.28. The number of carbonyl (C=O) groups is 2. The van der Waals surface area contributed by atoms with E-state index in [0.29, 0.717) is 15.6 Å². The van der Waals surface area contributed by atoms with Crippen LogP contribution in [0.3, 0.4) is 0 Å². The zero-order valence-electron chi connectivity index (χ0n) is 25.5. The fraction of sp³-hybridized carbons (Fsp3) is 0.394. The number of halogens is 2. The molecule has 1 saturated carbocycles. The number of hydrogen-bond acceptors (Lipinski definition) is 5. The summed E-state index contributed by atoms with van der Waals surface area (Å²) in [5.41, 5.74) is 2.33. The minimum Gasteiger partial charge on any atom is -0.495 e. The van der Waals surface area contributed by atoms with Crippen molar-refractivity contribution < 1.29 is 22.7 Å². The summed E-state index contributed by atoms with van der Waals surface area (Å²) >= 11 is 13.0. The third kappa shape index (κ3) is 7.86. The van der Waals surface area contributed by atoms with Crippen LogP contribution in [0.1, 0.15) is 55.7 Å². The highest BCUT2D eigenvalue weighted by molar-refractivity contribution is 7.92. The van der Waals surface area contributed by atoms with Gasteiger partial charge in [-0.2, -0.15) is 0 Å². The minimum atomic E-state index is -4.25. The SMILES string of the molecule is COc1ccc(C)cc1N(CC(=O)N(Cc1c(Cl)cccc1Cl)C(C)C(=O)NC1CCCCC1)S(=O)(=O)c1ccc(C)cc1. The van der Waals surface area contributed by atoms with Crippen molar-refractivity contribution in [2.24, 2.45) is 0 Å². The van der Waals surface area contributed by atoms with Crippen LogP contribution in [0.2, 0.25) is 10.0 Å². The summed E-state index contributed by atoms with van der Waals surface area (Å²) in [5.74, 6) is -0.649. The van der Waals surface area contributed by atoms with Crippen molar-refractivity contribution in [1.82, 2.24) is 10.2 Å². The smallest absolute Gasteiger partial charge is 0.264 e. The largest absolute Gasteiger partial charge is 0.495 e. The van der Waals surface area contributed by atoms with E-state index >= 15 is 0 Å². The molecule has 0 aromatic heterocycles. The van der Waals surface area contributed by atoms with Gasteiger partial charge in [-0.3, -0.25) is 13.9 Å². The Labute approximate surface area is 270 Å². The van der Waals surface area contributed by atoms with E-state index in [-0.39, 0.29) is 34.8 Å². The molecule has 1 atom stereocenters. The van der Waals surface area contributed by atoms with E-state index in [1.165, 1.54) is 24.1 Å². The molecule has 1 aliphatic rings. The molecule has 1 aliphatic carbocycles. The molecule has 2 amide bonds. The quantitative estimate of drug-likeness (QED) is 0.248. The van der Waals surface area contributed by atoms with Gasteiger partial charge in [0.25, 0.3) is 10.0 Å². The van der Waals surface area contributed by atoms with Gasteiger partial charge in [0, 0.05) is 28.2 Å².